The van der Waals surface area contributed by atoms with Crippen LogP contribution in [0.2, 0.25) is 0 Å². The first-order valence-corrected chi connectivity index (χ1v) is 6.22. The third-order valence-corrected chi connectivity index (χ3v) is 4.18. The van der Waals surface area contributed by atoms with Gasteiger partial charge in [0.15, 0.2) is 0 Å². The van der Waals surface area contributed by atoms with Gasteiger partial charge in [-0.3, -0.25) is 9.69 Å². The summed E-state index contributed by atoms with van der Waals surface area (Å²) < 4.78 is 0. The third-order valence-electron chi connectivity index (χ3n) is 4.18. The Hall–Kier alpha value is -0.370. The van der Waals surface area contributed by atoms with Gasteiger partial charge in [-0.25, -0.2) is 0 Å². The molecule has 1 atom stereocenters. The van der Waals surface area contributed by atoms with Crippen LogP contribution < -0.4 is 0 Å². The van der Waals surface area contributed by atoms with Gasteiger partial charge in [0.2, 0.25) is 0 Å². The Morgan fingerprint density at radius 2 is 1.93 bits per heavy atom. The van der Waals surface area contributed by atoms with Crippen LogP contribution in [0, 0.1) is 5.41 Å². The monoisotopic (exact) mass is 211 g/mol. The van der Waals surface area contributed by atoms with E-state index in [4.69, 9.17) is 0 Å². The second kappa shape index (κ2) is 4.65. The Morgan fingerprint density at radius 1 is 1.40 bits per heavy atom. The summed E-state index contributed by atoms with van der Waals surface area (Å²) in [7, 11) is 0. The maximum absolute atomic E-state index is 11.6. The van der Waals surface area contributed by atoms with Gasteiger partial charge in [0.05, 0.1) is 6.04 Å². The maximum atomic E-state index is 11.6. The minimum absolute atomic E-state index is 0.171. The van der Waals surface area contributed by atoms with E-state index in [9.17, 15) is 4.79 Å². The normalized spacial score (nSPS) is 26.1. The molecule has 1 fully saturated rings. The molecule has 0 bridgehead atoms. The van der Waals surface area contributed by atoms with Gasteiger partial charge in [0.25, 0.3) is 0 Å². The molecule has 0 aromatic carbocycles. The summed E-state index contributed by atoms with van der Waals surface area (Å²) in [6.07, 6.45) is 3.44. The zero-order valence-electron chi connectivity index (χ0n) is 10.8. The zero-order valence-corrected chi connectivity index (χ0v) is 10.8. The lowest BCUT2D eigenvalue weighted by atomic mass is 9.80. The van der Waals surface area contributed by atoms with E-state index in [0.29, 0.717) is 17.2 Å². The minimum atomic E-state index is 0.171. The number of hydrogen-bond acceptors (Lipinski definition) is 2. The second-order valence-corrected chi connectivity index (χ2v) is 5.30. The molecule has 0 radical (unpaired) electrons. The molecular formula is C13H25NO. The first kappa shape index (κ1) is 12.7. The summed E-state index contributed by atoms with van der Waals surface area (Å²) in [5, 5.41) is 0. The van der Waals surface area contributed by atoms with E-state index < -0.39 is 0 Å². The molecule has 0 N–H and O–H groups in total. The van der Waals surface area contributed by atoms with E-state index in [1.807, 2.05) is 0 Å². The Kier molecular flexibility index (Phi) is 3.93. The van der Waals surface area contributed by atoms with Crippen LogP contribution in [0.4, 0.5) is 0 Å². The molecule has 1 aliphatic heterocycles. The summed E-state index contributed by atoms with van der Waals surface area (Å²) >= 11 is 0. The Labute approximate surface area is 94.0 Å². The van der Waals surface area contributed by atoms with Crippen LogP contribution in [0.25, 0.3) is 0 Å². The molecule has 1 rings (SSSR count). The number of likely N-dealkylation sites (tertiary alicyclic amines) is 1. The fraction of sp³-hybridized carbons (Fsp3) is 0.923. The molecule has 88 valence electrons. The molecule has 1 heterocycles. The number of ketones is 1. The van der Waals surface area contributed by atoms with E-state index in [0.717, 1.165) is 13.0 Å². The number of hydrogen-bond donors (Lipinski definition) is 0. The van der Waals surface area contributed by atoms with Crippen molar-refractivity contribution in [3.05, 3.63) is 0 Å². The number of Topliss-reactive ketones (excluding diaryl/α,β-unsaturated/α-hetero) is 1. The quantitative estimate of drug-likeness (QED) is 0.712. The highest BCUT2D eigenvalue weighted by atomic mass is 16.1. The van der Waals surface area contributed by atoms with E-state index in [2.05, 4.69) is 32.6 Å². The molecule has 15 heavy (non-hydrogen) atoms. The summed E-state index contributed by atoms with van der Waals surface area (Å²) in [6, 6.07) is 0.656. The lowest BCUT2D eigenvalue weighted by Gasteiger charge is -2.28. The molecule has 0 spiro atoms. The third kappa shape index (κ3) is 2.41. The first-order valence-electron chi connectivity index (χ1n) is 6.22. The summed E-state index contributed by atoms with van der Waals surface area (Å²) in [6.45, 7) is 11.7. The van der Waals surface area contributed by atoms with Crippen LogP contribution >= 0.6 is 0 Å². The van der Waals surface area contributed by atoms with Gasteiger partial charge in [0, 0.05) is 12.6 Å². The molecule has 1 saturated heterocycles. The van der Waals surface area contributed by atoms with Gasteiger partial charge in [-0.15, -0.1) is 0 Å². The first-order chi connectivity index (χ1) is 6.95. The van der Waals surface area contributed by atoms with Crippen LogP contribution in [-0.4, -0.2) is 29.3 Å². The SMILES string of the molecule is CCC1(CC)CC(C(C)=O)N(C(C)C)C1. The van der Waals surface area contributed by atoms with Crippen LogP contribution in [0.15, 0.2) is 0 Å². The lowest BCUT2D eigenvalue weighted by molar-refractivity contribution is -0.121. The molecule has 2 nitrogen and oxygen atoms in total. The average Bonchev–Trinajstić information content (AvgIpc) is 2.58. The number of nitrogens with zero attached hydrogens (tertiary/aromatic N) is 1. The molecule has 0 aromatic rings. The molecule has 1 aliphatic rings. The van der Waals surface area contributed by atoms with Crippen molar-refractivity contribution in [3.63, 3.8) is 0 Å². The molecule has 0 aliphatic carbocycles. The predicted octanol–water partition coefficient (Wildman–Crippen LogP) is 2.86. The molecule has 0 amide bonds. The fourth-order valence-electron chi connectivity index (χ4n) is 2.77. The van der Waals surface area contributed by atoms with Gasteiger partial charge in [-0.05, 0) is 45.4 Å². The van der Waals surface area contributed by atoms with Crippen LogP contribution in [0.5, 0.6) is 0 Å². The summed E-state index contributed by atoms with van der Waals surface area (Å²) in [5.74, 6) is 0.340. The van der Waals surface area contributed by atoms with Crippen LogP contribution in [0.3, 0.4) is 0 Å². The minimum Gasteiger partial charge on any atom is -0.298 e. The van der Waals surface area contributed by atoms with E-state index in [-0.39, 0.29) is 6.04 Å². The summed E-state index contributed by atoms with van der Waals surface area (Å²) in [4.78, 5) is 14.0. The van der Waals surface area contributed by atoms with Crippen molar-refractivity contribution in [1.29, 1.82) is 0 Å². The number of carbonyl (C=O) groups excluding carboxylic acids is 1. The highest BCUT2D eigenvalue weighted by molar-refractivity contribution is 5.82. The Bertz CT molecular complexity index is 231. The lowest BCUT2D eigenvalue weighted by Crippen LogP contribution is -2.39. The molecule has 2 heteroatoms. The smallest absolute Gasteiger partial charge is 0.146 e. The van der Waals surface area contributed by atoms with Gasteiger partial charge in [-0.2, -0.15) is 0 Å². The van der Waals surface area contributed by atoms with Crippen molar-refractivity contribution in [1.82, 2.24) is 4.90 Å². The van der Waals surface area contributed by atoms with E-state index in [1.165, 1.54) is 12.8 Å². The summed E-state index contributed by atoms with van der Waals surface area (Å²) in [5.41, 5.74) is 0.389. The highest BCUT2D eigenvalue weighted by Crippen LogP contribution is 2.41. The zero-order chi connectivity index (χ0) is 11.6. The van der Waals surface area contributed by atoms with Crippen molar-refractivity contribution in [2.75, 3.05) is 6.54 Å². The number of carbonyl (C=O) groups is 1. The van der Waals surface area contributed by atoms with Crippen LogP contribution in [-0.2, 0) is 4.79 Å². The average molecular weight is 211 g/mol. The van der Waals surface area contributed by atoms with E-state index in [1.54, 1.807) is 6.92 Å². The number of rotatable bonds is 4. The largest absolute Gasteiger partial charge is 0.298 e. The molecule has 0 saturated carbocycles. The van der Waals surface area contributed by atoms with Crippen LogP contribution in [0.1, 0.15) is 53.9 Å². The van der Waals surface area contributed by atoms with Gasteiger partial charge < -0.3 is 0 Å². The Balaban J connectivity index is 2.85. The second-order valence-electron chi connectivity index (χ2n) is 5.30. The van der Waals surface area contributed by atoms with Gasteiger partial charge in [0.1, 0.15) is 5.78 Å². The van der Waals surface area contributed by atoms with Crippen molar-refractivity contribution in [3.8, 4) is 0 Å². The highest BCUT2D eigenvalue weighted by Gasteiger charge is 2.44. The van der Waals surface area contributed by atoms with E-state index >= 15 is 0 Å². The molecule has 0 aromatic heterocycles. The van der Waals surface area contributed by atoms with Gasteiger partial charge in [-0.1, -0.05) is 13.8 Å². The maximum Gasteiger partial charge on any atom is 0.146 e. The fourth-order valence-corrected chi connectivity index (χ4v) is 2.77. The van der Waals surface area contributed by atoms with Crippen molar-refractivity contribution < 1.29 is 4.79 Å². The van der Waals surface area contributed by atoms with Crippen molar-refractivity contribution in [2.45, 2.75) is 66.0 Å². The predicted molar refractivity (Wildman–Crippen MR) is 63.9 cm³/mol. The standard InChI is InChI=1S/C13H25NO/c1-6-13(7-2)8-12(11(5)15)14(9-13)10(3)4/h10,12H,6-9H2,1-5H3. The molecular weight excluding hydrogens is 186 g/mol. The van der Waals surface area contributed by atoms with Gasteiger partial charge >= 0.3 is 0 Å². The van der Waals surface area contributed by atoms with Crippen molar-refractivity contribution in [2.24, 2.45) is 5.41 Å². The van der Waals surface area contributed by atoms with Crippen molar-refractivity contribution >= 4 is 5.78 Å². The topological polar surface area (TPSA) is 20.3 Å². The molecule has 1 unspecified atom stereocenters. The Morgan fingerprint density at radius 3 is 2.20 bits per heavy atom.